The van der Waals surface area contributed by atoms with Gasteiger partial charge < -0.3 is 9.73 Å². The van der Waals surface area contributed by atoms with Crippen molar-refractivity contribution in [2.75, 3.05) is 0 Å². The Morgan fingerprint density at radius 1 is 1.31 bits per heavy atom. The third-order valence-electron chi connectivity index (χ3n) is 3.81. The Kier molecular flexibility index (Phi) is 5.72. The van der Waals surface area contributed by atoms with Crippen molar-refractivity contribution >= 4 is 17.7 Å². The molecule has 0 aliphatic heterocycles. The fourth-order valence-electron chi connectivity index (χ4n) is 2.40. The second-order valence-corrected chi connectivity index (χ2v) is 6.94. The molecule has 0 saturated carbocycles. The first-order chi connectivity index (χ1) is 12.6. The van der Waals surface area contributed by atoms with Crippen LogP contribution in [0.15, 0.2) is 52.2 Å². The van der Waals surface area contributed by atoms with Crippen molar-refractivity contribution in [1.82, 2.24) is 20.1 Å². The van der Waals surface area contributed by atoms with E-state index in [-0.39, 0.29) is 17.0 Å². The smallest absolute Gasteiger partial charge is 0.233 e. The predicted molar refractivity (Wildman–Crippen MR) is 97.0 cm³/mol. The molecule has 0 aliphatic carbocycles. The van der Waals surface area contributed by atoms with Gasteiger partial charge in [0.15, 0.2) is 16.7 Å². The van der Waals surface area contributed by atoms with Crippen molar-refractivity contribution in [3.05, 3.63) is 54.0 Å². The largest absolute Gasteiger partial charge is 0.461 e. The number of hydrogen-bond acceptors (Lipinski definition) is 5. The summed E-state index contributed by atoms with van der Waals surface area (Å²) < 4.78 is 20.2. The molecule has 0 aliphatic rings. The molecular formula is C18H19FN4O2S. The number of nitrogens with zero attached hydrogens (tertiary/aromatic N) is 3. The molecule has 26 heavy (non-hydrogen) atoms. The van der Waals surface area contributed by atoms with Gasteiger partial charge in [-0.1, -0.05) is 23.9 Å². The van der Waals surface area contributed by atoms with Gasteiger partial charge in [0.1, 0.15) is 5.82 Å². The second-order valence-electron chi connectivity index (χ2n) is 5.63. The highest BCUT2D eigenvalue weighted by atomic mass is 32.2. The van der Waals surface area contributed by atoms with Crippen LogP contribution >= 0.6 is 11.8 Å². The van der Waals surface area contributed by atoms with E-state index in [9.17, 15) is 9.18 Å². The zero-order valence-electron chi connectivity index (χ0n) is 14.5. The number of furan rings is 1. The van der Waals surface area contributed by atoms with E-state index < -0.39 is 0 Å². The monoisotopic (exact) mass is 374 g/mol. The normalized spacial score (nSPS) is 12.1. The topological polar surface area (TPSA) is 73.0 Å². The third-order valence-corrected chi connectivity index (χ3v) is 4.89. The molecule has 136 valence electrons. The molecule has 1 atom stereocenters. The minimum atomic E-state index is -0.352. The first kappa shape index (κ1) is 18.2. The summed E-state index contributed by atoms with van der Waals surface area (Å²) in [5.74, 6) is 0.860. The lowest BCUT2D eigenvalue weighted by Gasteiger charge is -2.12. The fraction of sp³-hybridized carbons (Fsp3) is 0.278. The molecule has 3 aromatic rings. The lowest BCUT2D eigenvalue weighted by atomic mass is 10.2. The highest BCUT2D eigenvalue weighted by Crippen LogP contribution is 2.27. The van der Waals surface area contributed by atoms with E-state index in [0.717, 1.165) is 5.56 Å². The van der Waals surface area contributed by atoms with Crippen molar-refractivity contribution in [1.29, 1.82) is 0 Å². The maximum atomic E-state index is 12.9. The lowest BCUT2D eigenvalue weighted by Crippen LogP contribution is -2.30. The first-order valence-electron chi connectivity index (χ1n) is 8.24. The molecule has 0 saturated heterocycles. The molecule has 0 radical (unpaired) electrons. The predicted octanol–water partition coefficient (Wildman–Crippen LogP) is 3.49. The zero-order chi connectivity index (χ0) is 18.5. The Bertz CT molecular complexity index is 862. The Morgan fingerprint density at radius 3 is 2.73 bits per heavy atom. The summed E-state index contributed by atoms with van der Waals surface area (Å²) in [5, 5.41) is 11.5. The standard InChI is InChI=1S/C18H19FN4O2S/c1-3-23-16(15-5-4-10-25-15)21-22-18(23)26-12(2)17(24)20-11-13-6-8-14(19)9-7-13/h4-10,12H,3,11H2,1-2H3,(H,20,24). The maximum absolute atomic E-state index is 12.9. The molecule has 1 unspecified atom stereocenters. The van der Waals surface area contributed by atoms with Gasteiger partial charge in [0.2, 0.25) is 5.91 Å². The summed E-state index contributed by atoms with van der Waals surface area (Å²) in [6.07, 6.45) is 1.59. The maximum Gasteiger partial charge on any atom is 0.233 e. The van der Waals surface area contributed by atoms with E-state index >= 15 is 0 Å². The molecule has 2 heterocycles. The van der Waals surface area contributed by atoms with Crippen LogP contribution in [0, 0.1) is 5.82 Å². The fourth-order valence-corrected chi connectivity index (χ4v) is 3.33. The van der Waals surface area contributed by atoms with Crippen molar-refractivity contribution < 1.29 is 13.6 Å². The van der Waals surface area contributed by atoms with Gasteiger partial charge in [0.25, 0.3) is 0 Å². The Morgan fingerprint density at radius 2 is 2.08 bits per heavy atom. The quantitative estimate of drug-likeness (QED) is 0.641. The number of thioether (sulfide) groups is 1. The molecule has 3 rings (SSSR count). The summed E-state index contributed by atoms with van der Waals surface area (Å²) in [6, 6.07) is 9.67. The van der Waals surface area contributed by atoms with Crippen LogP contribution in [-0.4, -0.2) is 25.9 Å². The van der Waals surface area contributed by atoms with Crippen molar-refractivity contribution in [2.24, 2.45) is 0 Å². The Balaban J connectivity index is 1.63. The summed E-state index contributed by atoms with van der Waals surface area (Å²) in [7, 11) is 0. The van der Waals surface area contributed by atoms with Crippen LogP contribution < -0.4 is 5.32 Å². The number of carbonyl (C=O) groups excluding carboxylic acids is 1. The van der Waals surface area contributed by atoms with Gasteiger partial charge in [-0.3, -0.25) is 9.36 Å². The van der Waals surface area contributed by atoms with Crippen LogP contribution in [0.5, 0.6) is 0 Å². The number of nitrogens with one attached hydrogen (secondary N) is 1. The second kappa shape index (κ2) is 8.18. The van der Waals surface area contributed by atoms with Crippen molar-refractivity contribution in [3.8, 4) is 11.6 Å². The average Bonchev–Trinajstić information content (AvgIpc) is 3.30. The summed E-state index contributed by atoms with van der Waals surface area (Å²) in [4.78, 5) is 12.3. The average molecular weight is 374 g/mol. The van der Waals surface area contributed by atoms with Gasteiger partial charge >= 0.3 is 0 Å². The molecule has 1 N–H and O–H groups in total. The molecule has 1 aromatic carbocycles. The minimum absolute atomic E-state index is 0.121. The van der Waals surface area contributed by atoms with Crippen LogP contribution in [0.3, 0.4) is 0 Å². The number of rotatable bonds is 7. The van der Waals surface area contributed by atoms with E-state index in [0.29, 0.717) is 29.8 Å². The molecule has 8 heteroatoms. The molecule has 1 amide bonds. The summed E-state index contributed by atoms with van der Waals surface area (Å²) in [6.45, 7) is 4.81. The van der Waals surface area contributed by atoms with E-state index in [2.05, 4.69) is 15.5 Å². The molecule has 0 bridgehead atoms. The van der Waals surface area contributed by atoms with Gasteiger partial charge in [-0.25, -0.2) is 4.39 Å². The zero-order valence-corrected chi connectivity index (χ0v) is 15.3. The molecule has 2 aromatic heterocycles. The van der Waals surface area contributed by atoms with Crippen LogP contribution in [0.2, 0.25) is 0 Å². The summed E-state index contributed by atoms with van der Waals surface area (Å²) in [5.41, 5.74) is 0.841. The molecule has 6 nitrogen and oxygen atoms in total. The van der Waals surface area contributed by atoms with Gasteiger partial charge in [-0.05, 0) is 43.7 Å². The van der Waals surface area contributed by atoms with Gasteiger partial charge in [-0.15, -0.1) is 10.2 Å². The first-order valence-corrected chi connectivity index (χ1v) is 9.12. The number of hydrogen-bond donors (Lipinski definition) is 1. The molecular weight excluding hydrogens is 355 g/mol. The van der Waals surface area contributed by atoms with Crippen molar-refractivity contribution in [2.45, 2.75) is 37.3 Å². The van der Waals surface area contributed by atoms with Crippen LogP contribution in [0.4, 0.5) is 4.39 Å². The highest BCUT2D eigenvalue weighted by molar-refractivity contribution is 8.00. The SMILES string of the molecule is CCn1c(SC(C)C(=O)NCc2ccc(F)cc2)nnc1-c1ccco1. The highest BCUT2D eigenvalue weighted by Gasteiger charge is 2.21. The van der Waals surface area contributed by atoms with Crippen LogP contribution in [-0.2, 0) is 17.9 Å². The number of amides is 1. The van der Waals surface area contributed by atoms with E-state index in [1.54, 1.807) is 24.5 Å². The van der Waals surface area contributed by atoms with E-state index in [1.807, 2.05) is 24.5 Å². The molecule has 0 fully saturated rings. The van der Waals surface area contributed by atoms with Crippen LogP contribution in [0.1, 0.15) is 19.4 Å². The lowest BCUT2D eigenvalue weighted by molar-refractivity contribution is -0.120. The van der Waals surface area contributed by atoms with Gasteiger partial charge in [0, 0.05) is 13.1 Å². The number of aromatic nitrogens is 3. The van der Waals surface area contributed by atoms with Gasteiger partial charge in [-0.2, -0.15) is 0 Å². The minimum Gasteiger partial charge on any atom is -0.461 e. The van der Waals surface area contributed by atoms with E-state index in [1.165, 1.54) is 23.9 Å². The number of halogens is 1. The molecule has 0 spiro atoms. The number of carbonyl (C=O) groups is 1. The Labute approximate surface area is 154 Å². The Hall–Kier alpha value is -2.61. The number of benzene rings is 1. The van der Waals surface area contributed by atoms with E-state index in [4.69, 9.17) is 4.42 Å². The third kappa shape index (κ3) is 4.13. The van der Waals surface area contributed by atoms with Crippen molar-refractivity contribution in [3.63, 3.8) is 0 Å². The van der Waals surface area contributed by atoms with Crippen LogP contribution in [0.25, 0.3) is 11.6 Å². The summed E-state index contributed by atoms with van der Waals surface area (Å²) >= 11 is 1.33. The van der Waals surface area contributed by atoms with Gasteiger partial charge in [0.05, 0.1) is 11.5 Å².